The Bertz CT molecular complexity index is 1230. The first-order valence-electron chi connectivity index (χ1n) is 9.30. The van der Waals surface area contributed by atoms with Crippen LogP contribution in [0.5, 0.6) is 0 Å². The summed E-state index contributed by atoms with van der Waals surface area (Å²) in [5.41, 5.74) is 7.70. The van der Waals surface area contributed by atoms with Crippen LogP contribution in [0.25, 0.3) is 16.9 Å². The number of para-hydroxylation sites is 1. The maximum atomic E-state index is 12.4. The molecule has 0 bridgehead atoms. The minimum absolute atomic E-state index is 0.287. The second-order valence-electron chi connectivity index (χ2n) is 6.68. The van der Waals surface area contributed by atoms with E-state index in [9.17, 15) is 4.79 Å². The van der Waals surface area contributed by atoms with Crippen molar-refractivity contribution < 1.29 is 4.79 Å². The standard InChI is InChI=1S/C22H19ClN6O/c1-14-18(15(2)29(28-14)16-8-4-3-5-9-16)13-24-27-22(30)21-12-20(25-26-21)17-10-6-7-11-19(17)23/h3-13H,1-2H3,(H,25,26)(H,27,30)/b24-13+. The zero-order valence-corrected chi connectivity index (χ0v) is 17.2. The Kier molecular flexibility index (Phi) is 5.45. The number of aromatic nitrogens is 4. The van der Waals surface area contributed by atoms with Crippen LogP contribution in [0, 0.1) is 13.8 Å². The van der Waals surface area contributed by atoms with Gasteiger partial charge >= 0.3 is 0 Å². The van der Waals surface area contributed by atoms with Gasteiger partial charge in [-0.25, -0.2) is 10.1 Å². The molecule has 150 valence electrons. The molecule has 4 rings (SSSR count). The summed E-state index contributed by atoms with van der Waals surface area (Å²) >= 11 is 6.19. The van der Waals surface area contributed by atoms with E-state index in [0.717, 1.165) is 28.2 Å². The van der Waals surface area contributed by atoms with Crippen LogP contribution >= 0.6 is 11.6 Å². The van der Waals surface area contributed by atoms with E-state index in [1.54, 1.807) is 18.3 Å². The first-order chi connectivity index (χ1) is 14.5. The topological polar surface area (TPSA) is 88.0 Å². The Labute approximate surface area is 178 Å². The number of nitrogens with zero attached hydrogens (tertiary/aromatic N) is 4. The largest absolute Gasteiger partial charge is 0.289 e. The number of nitrogens with one attached hydrogen (secondary N) is 2. The van der Waals surface area contributed by atoms with E-state index < -0.39 is 5.91 Å². The molecule has 0 fully saturated rings. The molecule has 0 radical (unpaired) electrons. The lowest BCUT2D eigenvalue weighted by Gasteiger charge is -2.03. The van der Waals surface area contributed by atoms with Crippen molar-refractivity contribution >= 4 is 23.7 Å². The predicted molar refractivity (Wildman–Crippen MR) is 117 cm³/mol. The normalized spacial score (nSPS) is 11.2. The maximum absolute atomic E-state index is 12.4. The fourth-order valence-electron chi connectivity index (χ4n) is 3.12. The average Bonchev–Trinajstić information content (AvgIpc) is 3.35. The number of aryl methyl sites for hydroxylation is 1. The van der Waals surface area contributed by atoms with Gasteiger partial charge in [0.05, 0.1) is 34.0 Å². The Balaban J connectivity index is 1.49. The Hall–Kier alpha value is -3.71. The lowest BCUT2D eigenvalue weighted by Crippen LogP contribution is -2.18. The SMILES string of the molecule is Cc1nn(-c2ccccc2)c(C)c1/C=N/NC(=O)c1cc(-c2ccccc2Cl)n[nH]1. The molecule has 4 aromatic rings. The number of hydrazone groups is 1. The molecule has 1 amide bonds. The molecular formula is C22H19ClN6O. The number of hydrogen-bond donors (Lipinski definition) is 2. The van der Waals surface area contributed by atoms with Crippen LogP contribution in [0.1, 0.15) is 27.4 Å². The summed E-state index contributed by atoms with van der Waals surface area (Å²) in [5, 5.41) is 16.1. The highest BCUT2D eigenvalue weighted by molar-refractivity contribution is 6.33. The van der Waals surface area contributed by atoms with Crippen LogP contribution < -0.4 is 5.43 Å². The molecule has 30 heavy (non-hydrogen) atoms. The molecule has 2 N–H and O–H groups in total. The highest BCUT2D eigenvalue weighted by Crippen LogP contribution is 2.26. The Morgan fingerprint density at radius 3 is 2.63 bits per heavy atom. The summed E-state index contributed by atoms with van der Waals surface area (Å²) in [7, 11) is 0. The molecule has 0 saturated carbocycles. The predicted octanol–water partition coefficient (Wildman–Crippen LogP) is 4.30. The van der Waals surface area contributed by atoms with E-state index >= 15 is 0 Å². The second kappa shape index (κ2) is 8.34. The first-order valence-corrected chi connectivity index (χ1v) is 9.67. The van der Waals surface area contributed by atoms with E-state index in [1.807, 2.05) is 67.1 Å². The summed E-state index contributed by atoms with van der Waals surface area (Å²) in [6, 6.07) is 18.8. The molecule has 0 saturated heterocycles. The van der Waals surface area contributed by atoms with Crippen LogP contribution in [-0.2, 0) is 0 Å². The first kappa shape index (κ1) is 19.6. The van der Waals surface area contributed by atoms with Crippen LogP contribution in [0.15, 0.2) is 65.8 Å². The van der Waals surface area contributed by atoms with Gasteiger partial charge in [0.1, 0.15) is 5.69 Å². The number of carbonyl (C=O) groups excluding carboxylic acids is 1. The van der Waals surface area contributed by atoms with E-state index in [1.165, 1.54) is 0 Å². The van der Waals surface area contributed by atoms with Crippen molar-refractivity contribution in [1.82, 2.24) is 25.4 Å². The van der Waals surface area contributed by atoms with Crippen molar-refractivity contribution in [2.24, 2.45) is 5.10 Å². The molecule has 2 heterocycles. The smallest absolute Gasteiger partial charge is 0.272 e. The molecular weight excluding hydrogens is 400 g/mol. The highest BCUT2D eigenvalue weighted by atomic mass is 35.5. The number of benzene rings is 2. The Morgan fingerprint density at radius 1 is 1.13 bits per heavy atom. The summed E-state index contributed by atoms with van der Waals surface area (Å²) in [6.07, 6.45) is 1.60. The number of hydrogen-bond acceptors (Lipinski definition) is 4. The Morgan fingerprint density at radius 2 is 1.87 bits per heavy atom. The monoisotopic (exact) mass is 418 g/mol. The molecule has 8 heteroatoms. The number of rotatable bonds is 5. The summed E-state index contributed by atoms with van der Waals surface area (Å²) in [5.74, 6) is -0.400. The van der Waals surface area contributed by atoms with Gasteiger partial charge in [0.2, 0.25) is 0 Å². The van der Waals surface area contributed by atoms with Crippen molar-refractivity contribution in [3.63, 3.8) is 0 Å². The highest BCUT2D eigenvalue weighted by Gasteiger charge is 2.13. The van der Waals surface area contributed by atoms with E-state index in [-0.39, 0.29) is 5.69 Å². The number of carbonyl (C=O) groups is 1. The van der Waals surface area contributed by atoms with Gasteiger partial charge in [-0.2, -0.15) is 15.3 Å². The van der Waals surface area contributed by atoms with Crippen molar-refractivity contribution in [2.45, 2.75) is 13.8 Å². The van der Waals surface area contributed by atoms with Gasteiger partial charge in [0.15, 0.2) is 0 Å². The summed E-state index contributed by atoms with van der Waals surface area (Å²) < 4.78 is 1.85. The van der Waals surface area contributed by atoms with Crippen LogP contribution in [-0.4, -0.2) is 32.1 Å². The lowest BCUT2D eigenvalue weighted by molar-refractivity contribution is 0.0950. The van der Waals surface area contributed by atoms with E-state index in [4.69, 9.17) is 11.6 Å². The zero-order valence-electron chi connectivity index (χ0n) is 16.4. The molecule has 0 aliphatic rings. The summed E-state index contributed by atoms with van der Waals surface area (Å²) in [6.45, 7) is 3.86. The molecule has 7 nitrogen and oxygen atoms in total. The number of aromatic amines is 1. The fraction of sp³-hybridized carbons (Fsp3) is 0.0909. The van der Waals surface area contributed by atoms with Gasteiger partial charge in [-0.1, -0.05) is 48.0 Å². The number of halogens is 1. The minimum atomic E-state index is -0.400. The van der Waals surface area contributed by atoms with Gasteiger partial charge in [0, 0.05) is 11.1 Å². The molecule has 0 aliphatic carbocycles. The molecule has 0 atom stereocenters. The third kappa shape index (κ3) is 3.88. The minimum Gasteiger partial charge on any atom is -0.272 e. The third-order valence-electron chi connectivity index (χ3n) is 4.68. The van der Waals surface area contributed by atoms with Gasteiger partial charge in [-0.15, -0.1) is 0 Å². The van der Waals surface area contributed by atoms with Gasteiger partial charge in [-0.3, -0.25) is 9.89 Å². The second-order valence-corrected chi connectivity index (χ2v) is 7.08. The fourth-order valence-corrected chi connectivity index (χ4v) is 3.36. The molecule has 0 spiro atoms. The van der Waals surface area contributed by atoms with Gasteiger partial charge in [0.25, 0.3) is 5.91 Å². The molecule has 2 aromatic heterocycles. The number of H-pyrrole nitrogens is 1. The van der Waals surface area contributed by atoms with Crippen molar-refractivity contribution in [3.8, 4) is 16.9 Å². The quantitative estimate of drug-likeness (QED) is 0.374. The third-order valence-corrected chi connectivity index (χ3v) is 5.01. The molecule has 2 aromatic carbocycles. The van der Waals surface area contributed by atoms with Crippen molar-refractivity contribution in [2.75, 3.05) is 0 Å². The van der Waals surface area contributed by atoms with Crippen molar-refractivity contribution in [3.05, 3.63) is 88.3 Å². The van der Waals surface area contributed by atoms with Gasteiger partial charge in [-0.05, 0) is 38.1 Å². The van der Waals surface area contributed by atoms with Crippen LogP contribution in [0.2, 0.25) is 5.02 Å². The summed E-state index contributed by atoms with van der Waals surface area (Å²) in [4.78, 5) is 12.4. The van der Waals surface area contributed by atoms with E-state index in [2.05, 4.69) is 25.8 Å². The molecule has 0 aliphatic heterocycles. The zero-order chi connectivity index (χ0) is 21.1. The molecule has 0 unspecified atom stereocenters. The maximum Gasteiger partial charge on any atom is 0.289 e. The lowest BCUT2D eigenvalue weighted by atomic mass is 10.1. The number of amides is 1. The van der Waals surface area contributed by atoms with Crippen LogP contribution in [0.3, 0.4) is 0 Å². The van der Waals surface area contributed by atoms with Crippen LogP contribution in [0.4, 0.5) is 0 Å². The van der Waals surface area contributed by atoms with Gasteiger partial charge < -0.3 is 0 Å². The average molecular weight is 419 g/mol. The van der Waals surface area contributed by atoms with E-state index in [0.29, 0.717) is 10.7 Å². The van der Waals surface area contributed by atoms with Crippen molar-refractivity contribution in [1.29, 1.82) is 0 Å².